The standard InChI is InChI=1S/C16H18F17NO3.HI/c17-9(18,6-7(37)5-8(34,1-3-35)2-4-36)10(19,20)11(21,22)12(23,24)13(25,26)14(27,28)15(29,30)16(31,32)33;/h7,35-37H,1-6,34H2;1H. The lowest BCUT2D eigenvalue weighted by Crippen LogP contribution is -3.00. The Bertz CT molecular complexity index is 769. The van der Waals surface area contributed by atoms with E-state index in [-0.39, 0.29) is 24.0 Å². The first-order chi connectivity index (χ1) is 16.0. The predicted octanol–water partition coefficient (Wildman–Crippen LogP) is 0.886. The fourth-order valence-electron chi connectivity index (χ4n) is 3.00. The minimum Gasteiger partial charge on any atom is -1.00 e. The SMILES string of the molecule is [I-].[NH3+]C(CCO)(CCO)CC(O)CC(F)(F)C(F)(F)C(F)(F)C(F)(F)C(F)(F)C(F)(F)C(F)(F)C(F)(F)F. The molecule has 6 N–H and O–H groups in total. The quantitative estimate of drug-likeness (QED) is 0.159. The third kappa shape index (κ3) is 6.47. The van der Waals surface area contributed by atoms with Crippen molar-refractivity contribution in [2.45, 2.75) is 85.0 Å². The van der Waals surface area contributed by atoms with Gasteiger partial charge in [0.25, 0.3) is 0 Å². The van der Waals surface area contributed by atoms with E-state index in [9.17, 15) is 79.7 Å². The molecule has 0 aromatic carbocycles. The van der Waals surface area contributed by atoms with Crippen molar-refractivity contribution in [3.05, 3.63) is 0 Å². The number of aliphatic hydroxyl groups is 3. The number of rotatable bonds is 14. The van der Waals surface area contributed by atoms with Crippen molar-refractivity contribution in [1.29, 1.82) is 0 Å². The number of quaternary nitrogens is 1. The summed E-state index contributed by atoms with van der Waals surface area (Å²) in [5.41, 5.74) is 1.41. The van der Waals surface area contributed by atoms with E-state index in [4.69, 9.17) is 10.2 Å². The van der Waals surface area contributed by atoms with Gasteiger partial charge >= 0.3 is 47.6 Å². The van der Waals surface area contributed by atoms with Crippen molar-refractivity contribution >= 4 is 0 Å². The molecular formula is C16H19F17INO3. The lowest BCUT2D eigenvalue weighted by molar-refractivity contribution is -0.488. The molecule has 0 aliphatic heterocycles. The Balaban J connectivity index is 0. The largest absolute Gasteiger partial charge is 1.00 e. The van der Waals surface area contributed by atoms with Crippen LogP contribution in [0.3, 0.4) is 0 Å². The van der Waals surface area contributed by atoms with Crippen molar-refractivity contribution < 1.29 is 120 Å². The van der Waals surface area contributed by atoms with Crippen molar-refractivity contribution in [1.82, 2.24) is 0 Å². The Kier molecular flexibility index (Phi) is 12.2. The second-order valence-corrected chi connectivity index (χ2v) is 8.16. The Morgan fingerprint density at radius 3 is 1.08 bits per heavy atom. The third-order valence-corrected chi connectivity index (χ3v) is 5.23. The van der Waals surface area contributed by atoms with Gasteiger partial charge in [-0.1, -0.05) is 0 Å². The highest BCUT2D eigenvalue weighted by Crippen LogP contribution is 2.64. The van der Waals surface area contributed by atoms with Crippen LogP contribution in [0.25, 0.3) is 0 Å². The molecule has 0 heterocycles. The average molecular weight is 723 g/mol. The summed E-state index contributed by atoms with van der Waals surface area (Å²) in [4.78, 5) is 0. The summed E-state index contributed by atoms with van der Waals surface area (Å²) in [7, 11) is 0. The lowest BCUT2D eigenvalue weighted by Gasteiger charge is -2.43. The molecule has 232 valence electrons. The first-order valence-corrected chi connectivity index (χ1v) is 9.44. The van der Waals surface area contributed by atoms with Gasteiger partial charge in [0.05, 0.1) is 6.10 Å². The fraction of sp³-hybridized carbons (Fsp3) is 1.00. The van der Waals surface area contributed by atoms with E-state index in [1.807, 2.05) is 0 Å². The Morgan fingerprint density at radius 1 is 0.500 bits per heavy atom. The van der Waals surface area contributed by atoms with Gasteiger partial charge in [-0.15, -0.1) is 0 Å². The molecule has 0 aliphatic rings. The molecule has 0 saturated heterocycles. The second-order valence-electron chi connectivity index (χ2n) is 8.16. The van der Waals surface area contributed by atoms with Gasteiger partial charge in [-0.2, -0.15) is 74.6 Å². The van der Waals surface area contributed by atoms with Crippen LogP contribution in [-0.4, -0.2) is 87.8 Å². The summed E-state index contributed by atoms with van der Waals surface area (Å²) in [5.74, 6) is -57.3. The molecule has 0 fully saturated rings. The highest BCUT2D eigenvalue weighted by Gasteiger charge is 2.95. The number of halogens is 18. The van der Waals surface area contributed by atoms with E-state index in [1.165, 1.54) is 0 Å². The van der Waals surface area contributed by atoms with Crippen molar-refractivity contribution in [2.75, 3.05) is 13.2 Å². The molecule has 0 radical (unpaired) electrons. The van der Waals surface area contributed by atoms with E-state index < -0.39 is 98.2 Å². The maximum absolute atomic E-state index is 13.9. The Morgan fingerprint density at radius 2 is 0.789 bits per heavy atom. The van der Waals surface area contributed by atoms with Crippen LogP contribution < -0.4 is 29.7 Å². The summed E-state index contributed by atoms with van der Waals surface area (Å²) in [6.45, 7) is -1.67. The third-order valence-electron chi connectivity index (χ3n) is 5.23. The molecule has 4 nitrogen and oxygen atoms in total. The van der Waals surface area contributed by atoms with Gasteiger partial charge in [0.15, 0.2) is 0 Å². The summed E-state index contributed by atoms with van der Waals surface area (Å²) in [6, 6.07) is 0. The summed E-state index contributed by atoms with van der Waals surface area (Å²) in [6.07, 6.45) is -16.2. The molecule has 1 atom stereocenters. The highest BCUT2D eigenvalue weighted by molar-refractivity contribution is 5.15. The summed E-state index contributed by atoms with van der Waals surface area (Å²) < 4.78 is 225. The maximum Gasteiger partial charge on any atom is 0.460 e. The maximum atomic E-state index is 13.9. The molecule has 38 heavy (non-hydrogen) atoms. The van der Waals surface area contributed by atoms with Crippen molar-refractivity contribution in [2.24, 2.45) is 0 Å². The molecule has 0 aromatic rings. The van der Waals surface area contributed by atoms with Crippen LogP contribution in [0, 0.1) is 0 Å². The Hall–Kier alpha value is -0.620. The van der Waals surface area contributed by atoms with Crippen LogP contribution in [0.5, 0.6) is 0 Å². The van der Waals surface area contributed by atoms with E-state index in [2.05, 4.69) is 5.73 Å². The van der Waals surface area contributed by atoms with Gasteiger partial charge in [0.1, 0.15) is 5.54 Å². The van der Waals surface area contributed by atoms with Crippen LogP contribution in [0.15, 0.2) is 0 Å². The van der Waals surface area contributed by atoms with Crippen LogP contribution in [0.2, 0.25) is 0 Å². The molecule has 1 unspecified atom stereocenters. The zero-order valence-corrected chi connectivity index (χ0v) is 20.3. The van der Waals surface area contributed by atoms with Crippen molar-refractivity contribution in [3.8, 4) is 0 Å². The minimum absolute atomic E-state index is 0. The van der Waals surface area contributed by atoms with E-state index in [1.54, 1.807) is 0 Å². The topological polar surface area (TPSA) is 88.3 Å². The van der Waals surface area contributed by atoms with Gasteiger partial charge in [-0.3, -0.25) is 0 Å². The molecular weight excluding hydrogens is 704 g/mol. The molecule has 0 aromatic heterocycles. The molecule has 0 bridgehead atoms. The van der Waals surface area contributed by atoms with Gasteiger partial charge < -0.3 is 45.0 Å². The van der Waals surface area contributed by atoms with Crippen LogP contribution in [0.4, 0.5) is 74.6 Å². The van der Waals surface area contributed by atoms with Crippen LogP contribution >= 0.6 is 0 Å². The molecule has 0 saturated carbocycles. The van der Waals surface area contributed by atoms with Gasteiger partial charge in [0, 0.05) is 38.9 Å². The number of alkyl halides is 17. The molecule has 0 amide bonds. The predicted molar refractivity (Wildman–Crippen MR) is 84.9 cm³/mol. The number of hydrogen-bond acceptors (Lipinski definition) is 3. The monoisotopic (exact) mass is 723 g/mol. The molecule has 22 heteroatoms. The highest BCUT2D eigenvalue weighted by atomic mass is 127. The van der Waals surface area contributed by atoms with E-state index >= 15 is 0 Å². The van der Waals surface area contributed by atoms with E-state index in [0.717, 1.165) is 0 Å². The minimum atomic E-state index is -8.72. The smallest absolute Gasteiger partial charge is 0.460 e. The first kappa shape index (κ1) is 39.5. The second kappa shape index (κ2) is 11.7. The number of aliphatic hydroxyl groups excluding tert-OH is 3. The molecule has 0 aliphatic carbocycles. The summed E-state index contributed by atoms with van der Waals surface area (Å²) in [5, 5.41) is 27.2. The van der Waals surface area contributed by atoms with Gasteiger partial charge in [-0.05, 0) is 0 Å². The van der Waals surface area contributed by atoms with Crippen molar-refractivity contribution in [3.63, 3.8) is 0 Å². The van der Waals surface area contributed by atoms with Crippen LogP contribution in [-0.2, 0) is 0 Å². The van der Waals surface area contributed by atoms with Gasteiger partial charge in [0.2, 0.25) is 0 Å². The summed E-state index contributed by atoms with van der Waals surface area (Å²) >= 11 is 0. The zero-order valence-electron chi connectivity index (χ0n) is 18.2. The molecule has 0 spiro atoms. The first-order valence-electron chi connectivity index (χ1n) is 9.44. The number of hydrogen-bond donors (Lipinski definition) is 4. The van der Waals surface area contributed by atoms with Gasteiger partial charge in [-0.25, -0.2) is 0 Å². The fourth-order valence-corrected chi connectivity index (χ4v) is 3.00. The van der Waals surface area contributed by atoms with Crippen LogP contribution in [0.1, 0.15) is 25.7 Å². The Labute approximate surface area is 218 Å². The normalized spacial score (nSPS) is 16.3. The van der Waals surface area contributed by atoms with E-state index in [0.29, 0.717) is 0 Å². The lowest BCUT2D eigenvalue weighted by atomic mass is 9.83. The zero-order chi connectivity index (χ0) is 30.3. The molecule has 0 rings (SSSR count). The average Bonchev–Trinajstić information content (AvgIpc) is 2.65.